The van der Waals surface area contributed by atoms with Crippen molar-refractivity contribution in [2.45, 2.75) is 46.5 Å². The van der Waals surface area contributed by atoms with Gasteiger partial charge < -0.3 is 19.0 Å². The van der Waals surface area contributed by atoms with Crippen molar-refractivity contribution in [2.75, 3.05) is 26.9 Å². The SMILES string of the molecule is C.C.C=CC(=O)OC(CO)COCCC[Si](C)(C)OC. The molecule has 20 heavy (non-hydrogen) atoms. The Morgan fingerprint density at radius 1 is 1.40 bits per heavy atom. The van der Waals surface area contributed by atoms with Crippen molar-refractivity contribution >= 4 is 14.3 Å². The Bertz CT molecular complexity index is 256. The minimum Gasteiger partial charge on any atom is -0.454 e. The van der Waals surface area contributed by atoms with E-state index in [9.17, 15) is 4.79 Å². The van der Waals surface area contributed by atoms with Crippen molar-refractivity contribution in [3.8, 4) is 0 Å². The average Bonchev–Trinajstić information content (AvgIpc) is 2.36. The van der Waals surface area contributed by atoms with Crippen molar-refractivity contribution in [3.63, 3.8) is 0 Å². The summed E-state index contributed by atoms with van der Waals surface area (Å²) in [6.45, 7) is 8.10. The normalized spacial score (nSPS) is 11.8. The van der Waals surface area contributed by atoms with Gasteiger partial charge >= 0.3 is 5.97 Å². The summed E-state index contributed by atoms with van der Waals surface area (Å²) >= 11 is 0. The Morgan fingerprint density at radius 2 is 2.00 bits per heavy atom. The average molecular weight is 308 g/mol. The second-order valence-electron chi connectivity index (χ2n) is 4.59. The highest BCUT2D eigenvalue weighted by Crippen LogP contribution is 2.12. The number of aliphatic hydroxyl groups excluding tert-OH is 1. The lowest BCUT2D eigenvalue weighted by Crippen LogP contribution is -2.29. The third kappa shape index (κ3) is 12.3. The maximum atomic E-state index is 10.9. The summed E-state index contributed by atoms with van der Waals surface area (Å²) in [6.07, 6.45) is 1.35. The highest BCUT2D eigenvalue weighted by Gasteiger charge is 2.19. The molecule has 1 N–H and O–H groups in total. The minimum absolute atomic E-state index is 0. The lowest BCUT2D eigenvalue weighted by molar-refractivity contribution is -0.148. The largest absolute Gasteiger partial charge is 0.454 e. The molecule has 0 saturated heterocycles. The molecule has 0 spiro atoms. The Morgan fingerprint density at radius 3 is 2.45 bits per heavy atom. The summed E-state index contributed by atoms with van der Waals surface area (Å²) < 4.78 is 15.7. The van der Waals surface area contributed by atoms with Crippen molar-refractivity contribution < 1.29 is 23.8 Å². The van der Waals surface area contributed by atoms with Gasteiger partial charge in [-0.3, -0.25) is 0 Å². The fourth-order valence-electron chi connectivity index (χ4n) is 1.25. The van der Waals surface area contributed by atoms with E-state index in [0.29, 0.717) is 6.61 Å². The van der Waals surface area contributed by atoms with Crippen LogP contribution in [0, 0.1) is 0 Å². The molecule has 1 atom stereocenters. The molecule has 0 rings (SSSR count). The van der Waals surface area contributed by atoms with Gasteiger partial charge in [0, 0.05) is 19.8 Å². The summed E-state index contributed by atoms with van der Waals surface area (Å²) in [7, 11) is 0.217. The van der Waals surface area contributed by atoms with Crippen LogP contribution in [0.2, 0.25) is 19.1 Å². The summed E-state index contributed by atoms with van der Waals surface area (Å²) in [4.78, 5) is 10.9. The number of hydrogen-bond donors (Lipinski definition) is 1. The van der Waals surface area contributed by atoms with Gasteiger partial charge in [0.2, 0.25) is 0 Å². The number of rotatable bonds is 10. The number of esters is 1. The zero-order valence-electron chi connectivity index (χ0n) is 11.5. The maximum Gasteiger partial charge on any atom is 0.330 e. The van der Waals surface area contributed by atoms with E-state index in [0.717, 1.165) is 18.5 Å². The van der Waals surface area contributed by atoms with Crippen LogP contribution in [0.4, 0.5) is 0 Å². The third-order valence-corrected chi connectivity index (χ3v) is 5.24. The first-order chi connectivity index (χ1) is 8.45. The van der Waals surface area contributed by atoms with Crippen LogP contribution < -0.4 is 0 Å². The zero-order chi connectivity index (χ0) is 14.0. The quantitative estimate of drug-likeness (QED) is 0.291. The fraction of sp³-hybridized carbons (Fsp3) is 0.786. The highest BCUT2D eigenvalue weighted by atomic mass is 28.4. The summed E-state index contributed by atoms with van der Waals surface area (Å²) in [5.74, 6) is -0.550. The number of carbonyl (C=O) groups is 1. The molecule has 1 unspecified atom stereocenters. The Hall–Kier alpha value is -0.693. The van der Waals surface area contributed by atoms with Crippen molar-refractivity contribution in [3.05, 3.63) is 12.7 Å². The molecule has 0 heterocycles. The summed E-state index contributed by atoms with van der Waals surface area (Å²) in [6, 6.07) is 1.01. The van der Waals surface area contributed by atoms with Gasteiger partial charge in [-0.15, -0.1) is 0 Å². The van der Waals surface area contributed by atoms with E-state index in [4.69, 9.17) is 19.0 Å². The van der Waals surface area contributed by atoms with Gasteiger partial charge in [0.25, 0.3) is 0 Å². The zero-order valence-corrected chi connectivity index (χ0v) is 12.5. The number of carbonyl (C=O) groups excluding carboxylic acids is 1. The van der Waals surface area contributed by atoms with E-state index in [2.05, 4.69) is 19.7 Å². The Kier molecular flexibility index (Phi) is 16.2. The molecule has 0 bridgehead atoms. The molecule has 0 aromatic carbocycles. The second-order valence-corrected chi connectivity index (χ2v) is 9.02. The standard InChI is InChI=1S/C12H24O5Si.2CH4/c1-5-12(14)17-11(9-13)10-16-7-6-8-18(3,4)15-2;;/h5,11,13H,1,6-10H2,2-4H3;2*1H4. The molecule has 0 aromatic rings. The first-order valence-electron chi connectivity index (χ1n) is 6.02. The number of aliphatic hydroxyl groups is 1. The molecule has 0 radical (unpaired) electrons. The lowest BCUT2D eigenvalue weighted by Gasteiger charge is -2.20. The van der Waals surface area contributed by atoms with Crippen LogP contribution in [-0.4, -0.2) is 52.4 Å². The first kappa shape index (κ1) is 24.3. The van der Waals surface area contributed by atoms with Crippen LogP contribution in [-0.2, 0) is 18.7 Å². The minimum atomic E-state index is -1.52. The van der Waals surface area contributed by atoms with Gasteiger partial charge in [0.15, 0.2) is 8.32 Å². The van der Waals surface area contributed by atoms with E-state index < -0.39 is 20.4 Å². The van der Waals surface area contributed by atoms with Gasteiger partial charge in [-0.1, -0.05) is 21.4 Å². The topological polar surface area (TPSA) is 65.0 Å². The van der Waals surface area contributed by atoms with Gasteiger partial charge in [-0.05, 0) is 25.6 Å². The molecule has 6 heteroatoms. The molecule has 0 amide bonds. The van der Waals surface area contributed by atoms with Gasteiger partial charge in [0.1, 0.15) is 6.10 Å². The van der Waals surface area contributed by atoms with Crippen LogP contribution in [0.15, 0.2) is 12.7 Å². The third-order valence-electron chi connectivity index (χ3n) is 2.58. The molecule has 0 aromatic heterocycles. The molecule has 122 valence electrons. The molecule has 0 aliphatic rings. The van der Waals surface area contributed by atoms with E-state index in [1.165, 1.54) is 0 Å². The van der Waals surface area contributed by atoms with E-state index in [-0.39, 0.29) is 28.1 Å². The smallest absolute Gasteiger partial charge is 0.330 e. The van der Waals surface area contributed by atoms with E-state index in [1.807, 2.05) is 0 Å². The predicted octanol–water partition coefficient (Wildman–Crippen LogP) is 2.61. The number of ether oxygens (including phenoxy) is 2. The molecular formula is C14H32O5Si. The second kappa shape index (κ2) is 13.3. The molecule has 0 aliphatic carbocycles. The number of hydrogen-bond acceptors (Lipinski definition) is 5. The molecule has 0 fully saturated rings. The molecule has 0 aliphatic heterocycles. The molecule has 5 nitrogen and oxygen atoms in total. The fourth-order valence-corrected chi connectivity index (χ4v) is 2.45. The highest BCUT2D eigenvalue weighted by molar-refractivity contribution is 6.71. The van der Waals surface area contributed by atoms with Crippen LogP contribution in [0.1, 0.15) is 21.3 Å². The lowest BCUT2D eigenvalue weighted by atomic mass is 10.4. The van der Waals surface area contributed by atoms with Crippen molar-refractivity contribution in [1.82, 2.24) is 0 Å². The van der Waals surface area contributed by atoms with E-state index in [1.54, 1.807) is 7.11 Å². The van der Waals surface area contributed by atoms with Crippen molar-refractivity contribution in [1.29, 1.82) is 0 Å². The monoisotopic (exact) mass is 308 g/mol. The Labute approximate surface area is 125 Å². The van der Waals surface area contributed by atoms with Crippen LogP contribution in [0.5, 0.6) is 0 Å². The van der Waals surface area contributed by atoms with Crippen LogP contribution in [0.3, 0.4) is 0 Å². The van der Waals surface area contributed by atoms with Gasteiger partial charge in [-0.2, -0.15) is 0 Å². The van der Waals surface area contributed by atoms with Gasteiger partial charge in [0.05, 0.1) is 13.2 Å². The first-order valence-corrected chi connectivity index (χ1v) is 9.13. The summed E-state index contributed by atoms with van der Waals surface area (Å²) in [5.41, 5.74) is 0. The van der Waals surface area contributed by atoms with Crippen LogP contribution >= 0.6 is 0 Å². The molecule has 0 saturated carbocycles. The molecular weight excluding hydrogens is 276 g/mol. The van der Waals surface area contributed by atoms with Crippen molar-refractivity contribution in [2.24, 2.45) is 0 Å². The van der Waals surface area contributed by atoms with Gasteiger partial charge in [-0.25, -0.2) is 4.79 Å². The Balaban J connectivity index is -0.00000144. The summed E-state index contributed by atoms with van der Waals surface area (Å²) in [5, 5.41) is 8.99. The maximum absolute atomic E-state index is 10.9. The predicted molar refractivity (Wildman–Crippen MR) is 85.4 cm³/mol. The van der Waals surface area contributed by atoms with E-state index >= 15 is 0 Å². The van der Waals surface area contributed by atoms with Crippen LogP contribution in [0.25, 0.3) is 0 Å².